The van der Waals surface area contributed by atoms with Gasteiger partial charge in [-0.05, 0) is 61.6 Å². The van der Waals surface area contributed by atoms with E-state index in [1.807, 2.05) is 37.3 Å². The topological polar surface area (TPSA) is 118 Å². The van der Waals surface area contributed by atoms with Crippen molar-refractivity contribution in [1.29, 1.82) is 0 Å². The molecule has 11 heteroatoms. The zero-order valence-corrected chi connectivity index (χ0v) is 20.6. The number of aromatic nitrogens is 2. The van der Waals surface area contributed by atoms with Crippen LogP contribution in [0, 0.1) is 19.7 Å². The number of benzene rings is 2. The van der Waals surface area contributed by atoms with Gasteiger partial charge in [-0.15, -0.1) is 5.10 Å². The maximum absolute atomic E-state index is 14.8. The van der Waals surface area contributed by atoms with Crippen molar-refractivity contribution in [1.82, 2.24) is 19.2 Å². The SMILES string of the molecule is Cc1ccc(F)c([C@@H](C)[C@H](NS(=O)(=O)N2CCC(Oc3ccccc3)CC2)c2n[nH]c(=O)o2)c1C. The molecule has 1 fully saturated rings. The van der Waals surface area contributed by atoms with Crippen molar-refractivity contribution in [3.05, 3.63) is 81.4 Å². The van der Waals surface area contributed by atoms with E-state index in [0.29, 0.717) is 24.0 Å². The van der Waals surface area contributed by atoms with Gasteiger partial charge in [-0.25, -0.2) is 14.3 Å². The Kier molecular flexibility index (Phi) is 7.39. The predicted octanol–water partition coefficient (Wildman–Crippen LogP) is 3.34. The van der Waals surface area contributed by atoms with Gasteiger partial charge in [-0.1, -0.05) is 31.2 Å². The molecule has 0 spiro atoms. The average molecular weight is 505 g/mol. The molecule has 0 aliphatic carbocycles. The first-order valence-electron chi connectivity index (χ1n) is 11.5. The molecule has 0 amide bonds. The Labute approximate surface area is 203 Å². The highest BCUT2D eigenvalue weighted by molar-refractivity contribution is 7.87. The standard InChI is InChI=1S/C24H29FN4O5S/c1-15-9-10-20(25)21(16(15)2)17(3)22(23-26-27-24(30)34-23)28-35(31,32)29-13-11-19(12-14-29)33-18-7-5-4-6-8-18/h4-10,17,19,22,28H,11-14H2,1-3H3,(H,27,30)/t17-,22+/m1/s1. The van der Waals surface area contributed by atoms with Gasteiger partial charge >= 0.3 is 5.76 Å². The van der Waals surface area contributed by atoms with E-state index in [1.54, 1.807) is 19.9 Å². The molecule has 2 heterocycles. The fraction of sp³-hybridized carbons (Fsp3) is 0.417. The van der Waals surface area contributed by atoms with Gasteiger partial charge in [0.15, 0.2) is 0 Å². The van der Waals surface area contributed by atoms with Crippen LogP contribution >= 0.6 is 0 Å². The molecule has 35 heavy (non-hydrogen) atoms. The molecule has 1 aliphatic rings. The number of halogens is 1. The molecule has 188 valence electrons. The fourth-order valence-electron chi connectivity index (χ4n) is 4.39. The molecule has 9 nitrogen and oxygen atoms in total. The summed E-state index contributed by atoms with van der Waals surface area (Å²) in [4.78, 5) is 11.6. The van der Waals surface area contributed by atoms with E-state index >= 15 is 0 Å². The van der Waals surface area contributed by atoms with Gasteiger partial charge in [0.05, 0.1) is 0 Å². The molecule has 2 atom stereocenters. The average Bonchev–Trinajstić information content (AvgIpc) is 3.27. The maximum atomic E-state index is 14.8. The Hall–Kier alpha value is -3.02. The number of ether oxygens (including phenoxy) is 1. The highest BCUT2D eigenvalue weighted by Crippen LogP contribution is 2.35. The minimum absolute atomic E-state index is 0.105. The molecular formula is C24H29FN4O5S. The number of hydrogen-bond acceptors (Lipinski definition) is 6. The molecule has 0 unspecified atom stereocenters. The predicted molar refractivity (Wildman–Crippen MR) is 128 cm³/mol. The summed E-state index contributed by atoms with van der Waals surface area (Å²) in [6.07, 6.45) is 0.921. The fourth-order valence-corrected chi connectivity index (χ4v) is 5.85. The second kappa shape index (κ2) is 10.3. The Balaban J connectivity index is 1.53. The number of nitrogens with zero attached hydrogens (tertiary/aromatic N) is 2. The van der Waals surface area contributed by atoms with E-state index in [0.717, 1.165) is 11.3 Å². The molecule has 1 aromatic heterocycles. The molecule has 4 rings (SSSR count). The smallest absolute Gasteiger partial charge is 0.434 e. The lowest BCUT2D eigenvalue weighted by atomic mass is 9.88. The van der Waals surface area contributed by atoms with Gasteiger partial charge in [-0.2, -0.15) is 17.4 Å². The van der Waals surface area contributed by atoms with Crippen LogP contribution in [0.3, 0.4) is 0 Å². The van der Waals surface area contributed by atoms with Crippen molar-refractivity contribution in [2.75, 3.05) is 13.1 Å². The van der Waals surface area contributed by atoms with Crippen molar-refractivity contribution < 1.29 is 22.0 Å². The second-order valence-electron chi connectivity index (χ2n) is 8.77. The third kappa shape index (κ3) is 5.63. The summed E-state index contributed by atoms with van der Waals surface area (Å²) in [6.45, 7) is 5.79. The van der Waals surface area contributed by atoms with Crippen molar-refractivity contribution >= 4 is 10.2 Å². The summed E-state index contributed by atoms with van der Waals surface area (Å²) in [7, 11) is -4.02. The van der Waals surface area contributed by atoms with Crippen LogP contribution < -0.4 is 15.2 Å². The maximum Gasteiger partial charge on any atom is 0.434 e. The number of nitrogens with one attached hydrogen (secondary N) is 2. The molecule has 0 radical (unpaired) electrons. The van der Waals surface area contributed by atoms with Gasteiger partial charge in [0.2, 0.25) is 5.89 Å². The summed E-state index contributed by atoms with van der Waals surface area (Å²) < 4.78 is 56.5. The van der Waals surface area contributed by atoms with Crippen molar-refractivity contribution in [2.24, 2.45) is 0 Å². The minimum Gasteiger partial charge on any atom is -0.490 e. The van der Waals surface area contributed by atoms with Crippen LogP contribution in [0.4, 0.5) is 4.39 Å². The van der Waals surface area contributed by atoms with Gasteiger partial charge in [-0.3, -0.25) is 0 Å². The third-order valence-electron chi connectivity index (χ3n) is 6.47. The third-order valence-corrected chi connectivity index (χ3v) is 8.07. The van der Waals surface area contributed by atoms with Crippen LogP contribution in [0.15, 0.2) is 51.7 Å². The number of hydrogen-bond donors (Lipinski definition) is 2. The Morgan fingerprint density at radius 1 is 1.17 bits per heavy atom. The number of para-hydroxylation sites is 1. The van der Waals surface area contributed by atoms with E-state index in [4.69, 9.17) is 9.15 Å². The monoisotopic (exact) mass is 504 g/mol. The zero-order chi connectivity index (χ0) is 25.2. The lowest BCUT2D eigenvalue weighted by Gasteiger charge is -2.33. The van der Waals surface area contributed by atoms with Crippen molar-refractivity contribution in [3.8, 4) is 5.75 Å². The summed E-state index contributed by atoms with van der Waals surface area (Å²) in [5.41, 5.74) is 1.88. The van der Waals surface area contributed by atoms with Crippen LogP contribution in [0.1, 0.15) is 54.3 Å². The Morgan fingerprint density at radius 2 is 1.86 bits per heavy atom. The number of rotatable bonds is 8. The summed E-state index contributed by atoms with van der Waals surface area (Å²) in [6, 6.07) is 11.3. The van der Waals surface area contributed by atoms with Gasteiger partial charge in [0.1, 0.15) is 23.7 Å². The summed E-state index contributed by atoms with van der Waals surface area (Å²) in [5, 5.41) is 6.00. The highest BCUT2D eigenvalue weighted by atomic mass is 32.2. The van der Waals surface area contributed by atoms with E-state index in [9.17, 15) is 17.6 Å². The minimum atomic E-state index is -4.02. The Morgan fingerprint density at radius 3 is 2.49 bits per heavy atom. The van der Waals surface area contributed by atoms with Gasteiger partial charge in [0.25, 0.3) is 10.2 Å². The van der Waals surface area contributed by atoms with Gasteiger partial charge in [0, 0.05) is 19.0 Å². The molecular weight excluding hydrogens is 475 g/mol. The van der Waals surface area contributed by atoms with E-state index in [-0.39, 0.29) is 25.1 Å². The first-order chi connectivity index (χ1) is 16.7. The highest BCUT2D eigenvalue weighted by Gasteiger charge is 2.36. The summed E-state index contributed by atoms with van der Waals surface area (Å²) >= 11 is 0. The van der Waals surface area contributed by atoms with E-state index < -0.39 is 33.7 Å². The second-order valence-corrected chi connectivity index (χ2v) is 10.5. The van der Waals surface area contributed by atoms with E-state index in [1.165, 1.54) is 10.4 Å². The molecule has 0 saturated carbocycles. The summed E-state index contributed by atoms with van der Waals surface area (Å²) in [5.74, 6) is -1.42. The molecule has 2 aromatic carbocycles. The van der Waals surface area contributed by atoms with E-state index in [2.05, 4.69) is 14.9 Å². The number of aryl methyl sites for hydroxylation is 1. The first kappa shape index (κ1) is 25.1. The van der Waals surface area contributed by atoms with Crippen molar-refractivity contribution in [3.63, 3.8) is 0 Å². The number of H-pyrrole nitrogens is 1. The van der Waals surface area contributed by atoms with Crippen LogP contribution in [0.2, 0.25) is 0 Å². The number of piperidine rings is 1. The molecule has 2 N–H and O–H groups in total. The first-order valence-corrected chi connectivity index (χ1v) is 12.9. The molecule has 0 bridgehead atoms. The van der Waals surface area contributed by atoms with Crippen LogP contribution in [0.25, 0.3) is 0 Å². The number of aromatic amines is 1. The van der Waals surface area contributed by atoms with Crippen LogP contribution in [0.5, 0.6) is 5.75 Å². The van der Waals surface area contributed by atoms with Crippen molar-refractivity contribution in [2.45, 2.75) is 51.7 Å². The van der Waals surface area contributed by atoms with Crippen LogP contribution in [-0.2, 0) is 10.2 Å². The van der Waals surface area contributed by atoms with Gasteiger partial charge < -0.3 is 9.15 Å². The molecule has 1 aliphatic heterocycles. The van der Waals surface area contributed by atoms with Crippen LogP contribution in [-0.4, -0.2) is 42.1 Å². The normalized spacial score (nSPS) is 17.3. The molecule has 1 saturated heterocycles. The zero-order valence-electron chi connectivity index (χ0n) is 19.8. The lowest BCUT2D eigenvalue weighted by molar-refractivity contribution is 0.134. The quantitative estimate of drug-likeness (QED) is 0.486. The Bertz CT molecular complexity index is 1320. The largest absolute Gasteiger partial charge is 0.490 e. The molecule has 3 aromatic rings. The lowest BCUT2D eigenvalue weighted by Crippen LogP contribution is -2.48.